The monoisotopic (exact) mass is 344 g/mol. The van der Waals surface area contributed by atoms with E-state index in [1.165, 1.54) is 0 Å². The first-order valence-electron chi connectivity index (χ1n) is 9.43. The van der Waals surface area contributed by atoms with Crippen LogP contribution in [-0.2, 0) is 4.79 Å². The first-order valence-corrected chi connectivity index (χ1v) is 9.43. The van der Waals surface area contributed by atoms with Crippen LogP contribution >= 0.6 is 0 Å². The molecule has 1 aromatic rings. The second kappa shape index (κ2) is 7.85. The molecule has 2 fully saturated rings. The summed E-state index contributed by atoms with van der Waals surface area (Å²) in [7, 11) is 0. The number of nitrogens with zero attached hydrogens (tertiary/aromatic N) is 3. The number of likely N-dealkylation sites (tertiary alicyclic amines) is 1. The van der Waals surface area contributed by atoms with Crippen molar-refractivity contribution in [2.24, 2.45) is 5.92 Å². The van der Waals surface area contributed by atoms with Crippen molar-refractivity contribution in [2.75, 3.05) is 31.1 Å². The minimum Gasteiger partial charge on any atom is -0.357 e. The number of anilines is 1. The predicted molar refractivity (Wildman–Crippen MR) is 97.6 cm³/mol. The molecule has 1 N–H and O–H groups in total. The van der Waals surface area contributed by atoms with Crippen LogP contribution in [0.5, 0.6) is 0 Å². The molecule has 2 amide bonds. The summed E-state index contributed by atoms with van der Waals surface area (Å²) < 4.78 is 0. The van der Waals surface area contributed by atoms with E-state index in [2.05, 4.69) is 29.0 Å². The standard InChI is InChI=1S/C19H28N4O2/c1-3-22(4-2)17-8-7-15(13-20-17)18(24)21-16-9-11-23(12-10-16)19(25)14-5-6-14/h7-8,13-14,16H,3-6,9-12H2,1-2H3,(H,21,24). The van der Waals surface area contributed by atoms with Gasteiger partial charge in [-0.15, -0.1) is 0 Å². The fourth-order valence-electron chi connectivity index (χ4n) is 3.36. The molecular weight excluding hydrogens is 316 g/mol. The van der Waals surface area contributed by atoms with Crippen molar-refractivity contribution in [3.8, 4) is 0 Å². The third-order valence-electron chi connectivity index (χ3n) is 5.17. The van der Waals surface area contributed by atoms with Gasteiger partial charge in [-0.05, 0) is 51.7 Å². The van der Waals surface area contributed by atoms with E-state index in [0.29, 0.717) is 11.5 Å². The second-order valence-corrected chi connectivity index (χ2v) is 6.92. The number of piperidine rings is 1. The van der Waals surface area contributed by atoms with E-state index in [1.54, 1.807) is 6.20 Å². The molecule has 2 heterocycles. The Labute approximate surface area is 149 Å². The molecule has 0 spiro atoms. The molecule has 25 heavy (non-hydrogen) atoms. The lowest BCUT2D eigenvalue weighted by Gasteiger charge is -2.32. The van der Waals surface area contributed by atoms with Gasteiger partial charge in [-0.3, -0.25) is 9.59 Å². The van der Waals surface area contributed by atoms with Gasteiger partial charge < -0.3 is 15.1 Å². The van der Waals surface area contributed by atoms with Gasteiger partial charge in [0.2, 0.25) is 5.91 Å². The maximum atomic E-state index is 12.4. The molecule has 6 nitrogen and oxygen atoms in total. The molecule has 6 heteroatoms. The molecule has 1 aromatic heterocycles. The highest BCUT2D eigenvalue weighted by atomic mass is 16.2. The lowest BCUT2D eigenvalue weighted by molar-refractivity contribution is -0.133. The van der Waals surface area contributed by atoms with Crippen molar-refractivity contribution < 1.29 is 9.59 Å². The van der Waals surface area contributed by atoms with E-state index < -0.39 is 0 Å². The first-order chi connectivity index (χ1) is 12.1. The summed E-state index contributed by atoms with van der Waals surface area (Å²) in [6, 6.07) is 3.87. The maximum absolute atomic E-state index is 12.4. The van der Waals surface area contributed by atoms with Gasteiger partial charge in [0.25, 0.3) is 5.91 Å². The fourth-order valence-corrected chi connectivity index (χ4v) is 3.36. The van der Waals surface area contributed by atoms with Crippen molar-refractivity contribution in [1.82, 2.24) is 15.2 Å². The normalized spacial score (nSPS) is 18.1. The number of aromatic nitrogens is 1. The molecule has 2 aliphatic rings. The first kappa shape index (κ1) is 17.7. The van der Waals surface area contributed by atoms with Crippen LogP contribution in [0.3, 0.4) is 0 Å². The zero-order valence-electron chi connectivity index (χ0n) is 15.2. The topological polar surface area (TPSA) is 65.5 Å². The Hall–Kier alpha value is -2.11. The summed E-state index contributed by atoms with van der Waals surface area (Å²) in [6.45, 7) is 7.47. The highest BCUT2D eigenvalue weighted by molar-refractivity contribution is 5.94. The number of carbonyl (C=O) groups is 2. The van der Waals surface area contributed by atoms with E-state index in [0.717, 1.165) is 57.7 Å². The van der Waals surface area contributed by atoms with Crippen LogP contribution in [-0.4, -0.2) is 53.9 Å². The summed E-state index contributed by atoms with van der Waals surface area (Å²) in [5.74, 6) is 1.40. The molecule has 0 unspecified atom stereocenters. The Morgan fingerprint density at radius 3 is 2.36 bits per heavy atom. The van der Waals surface area contributed by atoms with Gasteiger partial charge in [-0.1, -0.05) is 0 Å². The number of rotatable bonds is 6. The number of carbonyl (C=O) groups excluding carboxylic acids is 2. The van der Waals surface area contributed by atoms with Crippen molar-refractivity contribution in [3.63, 3.8) is 0 Å². The molecule has 1 saturated heterocycles. The molecule has 0 radical (unpaired) electrons. The molecule has 136 valence electrons. The van der Waals surface area contributed by atoms with E-state index in [9.17, 15) is 9.59 Å². The van der Waals surface area contributed by atoms with E-state index >= 15 is 0 Å². The third-order valence-corrected chi connectivity index (χ3v) is 5.17. The highest BCUT2D eigenvalue weighted by Crippen LogP contribution is 2.31. The average molecular weight is 344 g/mol. The Bertz CT molecular complexity index is 600. The predicted octanol–water partition coefficient (Wildman–Crippen LogP) is 2.06. The molecule has 0 bridgehead atoms. The SMILES string of the molecule is CCN(CC)c1ccc(C(=O)NC2CCN(C(=O)C3CC3)CC2)cn1. The van der Waals surface area contributed by atoms with Gasteiger partial charge in [-0.25, -0.2) is 4.98 Å². The zero-order valence-corrected chi connectivity index (χ0v) is 15.2. The van der Waals surface area contributed by atoms with Gasteiger partial charge in [0.05, 0.1) is 5.56 Å². The molecule has 3 rings (SSSR count). The molecule has 1 aliphatic heterocycles. The lowest BCUT2D eigenvalue weighted by atomic mass is 10.0. The van der Waals surface area contributed by atoms with Gasteiger partial charge in [0.15, 0.2) is 0 Å². The molecular formula is C19H28N4O2. The van der Waals surface area contributed by atoms with Crippen LogP contribution in [0.2, 0.25) is 0 Å². The van der Waals surface area contributed by atoms with Crippen LogP contribution in [0, 0.1) is 5.92 Å². The van der Waals surface area contributed by atoms with Crippen molar-refractivity contribution in [2.45, 2.75) is 45.6 Å². The summed E-state index contributed by atoms with van der Waals surface area (Å²) in [5, 5.41) is 3.09. The molecule has 0 atom stereocenters. The number of pyridine rings is 1. The maximum Gasteiger partial charge on any atom is 0.253 e. The minimum absolute atomic E-state index is 0.0782. The van der Waals surface area contributed by atoms with Crippen LogP contribution in [0.1, 0.15) is 49.9 Å². The average Bonchev–Trinajstić information content (AvgIpc) is 3.48. The third kappa shape index (κ3) is 4.30. The minimum atomic E-state index is -0.0782. The lowest BCUT2D eigenvalue weighted by Crippen LogP contribution is -2.47. The molecule has 0 aromatic carbocycles. The van der Waals surface area contributed by atoms with Gasteiger partial charge in [-0.2, -0.15) is 0 Å². The van der Waals surface area contributed by atoms with Crippen LogP contribution in [0.15, 0.2) is 18.3 Å². The van der Waals surface area contributed by atoms with E-state index in [4.69, 9.17) is 0 Å². The summed E-state index contributed by atoms with van der Waals surface area (Å²) in [6.07, 6.45) is 5.40. The van der Waals surface area contributed by atoms with Gasteiger partial charge in [0, 0.05) is 44.3 Å². The van der Waals surface area contributed by atoms with E-state index in [1.807, 2.05) is 17.0 Å². The number of hydrogen-bond donors (Lipinski definition) is 1. The van der Waals surface area contributed by atoms with Gasteiger partial charge >= 0.3 is 0 Å². The Balaban J connectivity index is 1.50. The van der Waals surface area contributed by atoms with Crippen molar-refractivity contribution in [1.29, 1.82) is 0 Å². The van der Waals surface area contributed by atoms with Crippen molar-refractivity contribution >= 4 is 17.6 Å². The summed E-state index contributed by atoms with van der Waals surface area (Å²) in [5.41, 5.74) is 0.590. The number of hydrogen-bond acceptors (Lipinski definition) is 4. The molecule has 1 saturated carbocycles. The Kier molecular flexibility index (Phi) is 5.56. The van der Waals surface area contributed by atoms with Crippen LogP contribution in [0.25, 0.3) is 0 Å². The summed E-state index contributed by atoms with van der Waals surface area (Å²) in [4.78, 5) is 33.0. The number of nitrogens with one attached hydrogen (secondary N) is 1. The highest BCUT2D eigenvalue weighted by Gasteiger charge is 2.35. The summed E-state index contributed by atoms with van der Waals surface area (Å²) >= 11 is 0. The van der Waals surface area contributed by atoms with Crippen LogP contribution in [0.4, 0.5) is 5.82 Å². The zero-order chi connectivity index (χ0) is 17.8. The molecule has 1 aliphatic carbocycles. The second-order valence-electron chi connectivity index (χ2n) is 6.92. The quantitative estimate of drug-likeness (QED) is 0.858. The Morgan fingerprint density at radius 2 is 1.84 bits per heavy atom. The Morgan fingerprint density at radius 1 is 1.16 bits per heavy atom. The largest absolute Gasteiger partial charge is 0.357 e. The van der Waals surface area contributed by atoms with E-state index in [-0.39, 0.29) is 17.9 Å². The number of amides is 2. The fraction of sp³-hybridized carbons (Fsp3) is 0.632. The van der Waals surface area contributed by atoms with Crippen LogP contribution < -0.4 is 10.2 Å². The smallest absolute Gasteiger partial charge is 0.253 e. The van der Waals surface area contributed by atoms with Crippen molar-refractivity contribution in [3.05, 3.63) is 23.9 Å². The van der Waals surface area contributed by atoms with Gasteiger partial charge in [0.1, 0.15) is 5.82 Å².